The van der Waals surface area contributed by atoms with Crippen LogP contribution in [0.1, 0.15) is 0 Å². The summed E-state index contributed by atoms with van der Waals surface area (Å²) >= 11 is 4.47. The summed E-state index contributed by atoms with van der Waals surface area (Å²) in [5.41, 5.74) is 0.485. The Morgan fingerprint density at radius 3 is 2.79 bits per heavy atom. The first-order valence-corrected chi connectivity index (χ1v) is 10.4. The molecule has 0 aliphatic carbocycles. The minimum atomic E-state index is -2.79. The summed E-state index contributed by atoms with van der Waals surface area (Å²) in [6.07, 6.45) is -2.80. The van der Waals surface area contributed by atoms with Crippen molar-refractivity contribution in [1.29, 1.82) is 0 Å². The second kappa shape index (κ2) is 8.15. The van der Waals surface area contributed by atoms with E-state index in [1.165, 1.54) is 33.5 Å². The molecule has 0 spiro atoms. The first-order valence-electron chi connectivity index (χ1n) is 8.20. The molecule has 154 valence electrons. The molecule has 3 N–H and O–H groups in total. The van der Waals surface area contributed by atoms with E-state index in [9.17, 15) is 27.1 Å². The van der Waals surface area contributed by atoms with Gasteiger partial charge in [-0.15, -0.1) is 0 Å². The third-order valence-electron chi connectivity index (χ3n) is 4.22. The van der Waals surface area contributed by atoms with Crippen LogP contribution in [0.5, 0.6) is 0 Å². The fraction of sp³-hybridized carbons (Fsp3) is 0.375. The lowest BCUT2D eigenvalue weighted by Gasteiger charge is -2.36. The van der Waals surface area contributed by atoms with E-state index in [1.807, 2.05) is 0 Å². The highest BCUT2D eigenvalue weighted by Crippen LogP contribution is 2.43. The Morgan fingerprint density at radius 2 is 2.18 bits per heavy atom. The van der Waals surface area contributed by atoms with Crippen LogP contribution in [-0.4, -0.2) is 58.1 Å². The standard InChI is InChI=1S/C16H18F3N3O4S2/c17-12-7-10(1-2-13(12)21-3-5-28(24,25)6-4-21)22-9-11(26-16(22)23)8-20-15(27)14(18)19/h1-3,5,7,11,14,24-25H,4,6,8-9H2,(H,20,27)/t11-/m0/s1. The van der Waals surface area contributed by atoms with E-state index in [2.05, 4.69) is 17.5 Å². The van der Waals surface area contributed by atoms with Crippen molar-refractivity contribution in [2.24, 2.45) is 0 Å². The molecule has 0 saturated carbocycles. The molecule has 1 aromatic carbocycles. The number of benzene rings is 1. The van der Waals surface area contributed by atoms with E-state index >= 15 is 0 Å². The average Bonchev–Trinajstić information content (AvgIpc) is 3.00. The lowest BCUT2D eigenvalue weighted by Crippen LogP contribution is -2.36. The van der Waals surface area contributed by atoms with Gasteiger partial charge in [0.15, 0.2) is 0 Å². The van der Waals surface area contributed by atoms with Crippen molar-refractivity contribution in [3.05, 3.63) is 35.6 Å². The summed E-state index contributed by atoms with van der Waals surface area (Å²) in [5, 5.41) is 3.58. The maximum absolute atomic E-state index is 14.6. The second-order valence-corrected chi connectivity index (χ2v) is 8.75. The molecule has 7 nitrogen and oxygen atoms in total. The fourth-order valence-corrected chi connectivity index (χ4v) is 3.80. The van der Waals surface area contributed by atoms with E-state index in [0.29, 0.717) is 0 Å². The number of thiocarbonyl (C=S) groups is 1. The molecule has 28 heavy (non-hydrogen) atoms. The summed E-state index contributed by atoms with van der Waals surface area (Å²) in [4.78, 5) is 14.1. The number of nitrogens with zero attached hydrogens (tertiary/aromatic N) is 2. The predicted octanol–water partition coefficient (Wildman–Crippen LogP) is 3.37. The molecular weight excluding hydrogens is 419 g/mol. The molecule has 3 rings (SSSR count). The number of anilines is 2. The normalized spacial score (nSPS) is 22.4. The van der Waals surface area contributed by atoms with Crippen molar-refractivity contribution >= 4 is 45.3 Å². The van der Waals surface area contributed by atoms with Gasteiger partial charge in [-0.1, -0.05) is 12.2 Å². The smallest absolute Gasteiger partial charge is 0.414 e. The number of ether oxygens (including phenoxy) is 1. The van der Waals surface area contributed by atoms with E-state index in [1.54, 1.807) is 0 Å². The Kier molecular flexibility index (Phi) is 6.03. The van der Waals surface area contributed by atoms with Gasteiger partial charge in [0.2, 0.25) is 0 Å². The van der Waals surface area contributed by atoms with Crippen molar-refractivity contribution in [2.75, 3.05) is 35.2 Å². The SMILES string of the molecule is O=C1O[C@@H](CNC(=S)C(F)F)CN1c1ccc(N2C=CS(O)(O)CC2)c(F)c1. The van der Waals surface area contributed by atoms with Gasteiger partial charge < -0.3 is 15.0 Å². The Labute approximate surface area is 166 Å². The number of amides is 1. The number of hydrogen-bond donors (Lipinski definition) is 3. The number of carbonyl (C=O) groups is 1. The Balaban J connectivity index is 1.67. The number of alkyl halides is 2. The maximum atomic E-state index is 14.6. The molecule has 12 heteroatoms. The van der Waals surface area contributed by atoms with E-state index < -0.39 is 40.0 Å². The number of nitrogens with one attached hydrogen (secondary N) is 1. The van der Waals surface area contributed by atoms with Crippen molar-refractivity contribution in [3.8, 4) is 0 Å². The Morgan fingerprint density at radius 1 is 1.43 bits per heavy atom. The fourth-order valence-electron chi connectivity index (χ4n) is 2.77. The minimum Gasteiger partial charge on any atom is -0.442 e. The van der Waals surface area contributed by atoms with Gasteiger partial charge in [-0.3, -0.25) is 14.0 Å². The number of hydrogen-bond acceptors (Lipinski definition) is 6. The number of carbonyl (C=O) groups excluding carboxylic acids is 1. The first kappa shape index (κ1) is 20.7. The second-order valence-electron chi connectivity index (χ2n) is 6.20. The first-order chi connectivity index (χ1) is 13.2. The van der Waals surface area contributed by atoms with E-state index in [0.717, 1.165) is 6.07 Å². The zero-order chi connectivity index (χ0) is 20.5. The van der Waals surface area contributed by atoms with Crippen LogP contribution in [0.2, 0.25) is 0 Å². The zero-order valence-corrected chi connectivity index (χ0v) is 16.1. The molecule has 0 unspecified atom stereocenters. The van der Waals surface area contributed by atoms with Crippen molar-refractivity contribution in [3.63, 3.8) is 0 Å². The topological polar surface area (TPSA) is 85.3 Å². The van der Waals surface area contributed by atoms with Crippen molar-refractivity contribution in [1.82, 2.24) is 5.32 Å². The van der Waals surface area contributed by atoms with Crippen LogP contribution in [0.25, 0.3) is 0 Å². The summed E-state index contributed by atoms with van der Waals surface area (Å²) < 4.78 is 63.6. The summed E-state index contributed by atoms with van der Waals surface area (Å²) in [6, 6.07) is 4.16. The lowest BCUT2D eigenvalue weighted by molar-refractivity contribution is 0.142. The molecule has 1 saturated heterocycles. The minimum absolute atomic E-state index is 0.0565. The van der Waals surface area contributed by atoms with Crippen molar-refractivity contribution < 1.29 is 31.8 Å². The highest BCUT2D eigenvalue weighted by molar-refractivity contribution is 8.26. The zero-order valence-electron chi connectivity index (χ0n) is 14.4. The van der Waals surface area contributed by atoms with Gasteiger partial charge in [-0.05, 0) is 18.2 Å². The van der Waals surface area contributed by atoms with Gasteiger partial charge in [0.05, 0.1) is 30.2 Å². The molecule has 0 radical (unpaired) electrons. The molecule has 1 aromatic rings. The maximum Gasteiger partial charge on any atom is 0.414 e. The van der Waals surface area contributed by atoms with Gasteiger partial charge in [0.25, 0.3) is 6.43 Å². The molecule has 1 amide bonds. The van der Waals surface area contributed by atoms with Gasteiger partial charge in [0.1, 0.15) is 16.9 Å². The molecule has 2 heterocycles. The number of cyclic esters (lactones) is 1. The number of rotatable bonds is 5. The Hall–Kier alpha value is -2.02. The predicted molar refractivity (Wildman–Crippen MR) is 105 cm³/mol. The molecule has 0 bridgehead atoms. The highest BCUT2D eigenvalue weighted by Gasteiger charge is 2.33. The van der Waals surface area contributed by atoms with Gasteiger partial charge >= 0.3 is 6.09 Å². The van der Waals surface area contributed by atoms with Gasteiger partial charge in [-0.2, -0.15) is 10.6 Å². The summed E-state index contributed by atoms with van der Waals surface area (Å²) in [5.74, 6) is -0.507. The quantitative estimate of drug-likeness (QED) is 0.609. The molecule has 1 fully saturated rings. The van der Waals surface area contributed by atoms with Crippen molar-refractivity contribution in [2.45, 2.75) is 12.5 Å². The number of halogens is 3. The van der Waals surface area contributed by atoms with Crippen LogP contribution >= 0.6 is 22.8 Å². The van der Waals surface area contributed by atoms with E-state index in [4.69, 9.17) is 4.74 Å². The van der Waals surface area contributed by atoms with Crippen LogP contribution in [0.3, 0.4) is 0 Å². The van der Waals surface area contributed by atoms with Crippen LogP contribution in [0, 0.1) is 5.82 Å². The van der Waals surface area contributed by atoms with Gasteiger partial charge in [-0.25, -0.2) is 18.0 Å². The molecule has 2 aliphatic rings. The molecule has 1 atom stereocenters. The summed E-state index contributed by atoms with van der Waals surface area (Å²) in [7, 11) is -2.76. The summed E-state index contributed by atoms with van der Waals surface area (Å²) in [6.45, 7) is 0.219. The third-order valence-corrected chi connectivity index (χ3v) is 5.88. The lowest BCUT2D eigenvalue weighted by atomic mass is 10.2. The van der Waals surface area contributed by atoms with Crippen LogP contribution in [0.4, 0.5) is 29.3 Å². The van der Waals surface area contributed by atoms with Crippen LogP contribution < -0.4 is 15.1 Å². The van der Waals surface area contributed by atoms with Crippen LogP contribution in [0.15, 0.2) is 29.8 Å². The monoisotopic (exact) mass is 437 g/mol. The van der Waals surface area contributed by atoms with E-state index in [-0.39, 0.29) is 36.8 Å². The van der Waals surface area contributed by atoms with Gasteiger partial charge in [0, 0.05) is 18.2 Å². The molecule has 0 aromatic heterocycles. The van der Waals surface area contributed by atoms with Crippen LogP contribution in [-0.2, 0) is 4.74 Å². The highest BCUT2D eigenvalue weighted by atomic mass is 32.3. The Bertz CT molecular complexity index is 809. The third kappa shape index (κ3) is 4.69. The average molecular weight is 437 g/mol. The molecule has 2 aliphatic heterocycles. The molecular formula is C16H18F3N3O4S2. The largest absolute Gasteiger partial charge is 0.442 e.